The lowest BCUT2D eigenvalue weighted by Gasteiger charge is -2.67. The molecule has 4 aliphatic carbocycles. The van der Waals surface area contributed by atoms with Crippen molar-refractivity contribution in [3.63, 3.8) is 0 Å². The first-order valence-electron chi connectivity index (χ1n) is 13.7. The molecule has 5 atom stereocenters. The van der Waals surface area contributed by atoms with Crippen LogP contribution in [0.1, 0.15) is 57.6 Å². The van der Waals surface area contributed by atoms with E-state index in [1.807, 2.05) is 37.3 Å². The number of nitrogens with zero attached hydrogens (tertiary/aromatic N) is 2. The Hall–Kier alpha value is -2.44. The van der Waals surface area contributed by atoms with Gasteiger partial charge in [-0.15, -0.1) is 0 Å². The SMILES string of the molecule is Cc1ccc(S(=O)(=O)N2CC3=C(C2)[C@@]2(C)C[C@]4(C)C(=O)N(Cc5ccccc5)[C@@]5(CCCC52)[C@]34C)cc1. The lowest BCUT2D eigenvalue weighted by molar-refractivity contribution is -0.139. The number of hydrogen-bond acceptors (Lipinski definition) is 3. The highest BCUT2D eigenvalue weighted by atomic mass is 32.2. The topological polar surface area (TPSA) is 57.7 Å². The number of amides is 1. The first kappa shape index (κ1) is 23.7. The van der Waals surface area contributed by atoms with E-state index in [-0.39, 0.29) is 22.3 Å². The molecule has 4 bridgehead atoms. The van der Waals surface area contributed by atoms with Gasteiger partial charge in [0.05, 0.1) is 15.8 Å². The number of carbonyl (C=O) groups is 1. The smallest absolute Gasteiger partial charge is 0.243 e. The monoisotopic (exact) mass is 516 g/mol. The number of rotatable bonds is 4. The molecule has 1 spiro atoms. The van der Waals surface area contributed by atoms with E-state index in [1.165, 1.54) is 16.7 Å². The van der Waals surface area contributed by atoms with E-state index in [0.29, 0.717) is 30.4 Å². The highest BCUT2D eigenvalue weighted by Gasteiger charge is 2.84. The van der Waals surface area contributed by atoms with Crippen LogP contribution in [0.5, 0.6) is 0 Å². The van der Waals surface area contributed by atoms with Crippen molar-refractivity contribution in [1.82, 2.24) is 9.21 Å². The predicted molar refractivity (Wildman–Crippen MR) is 143 cm³/mol. The van der Waals surface area contributed by atoms with E-state index in [2.05, 4.69) is 37.8 Å². The Labute approximate surface area is 220 Å². The summed E-state index contributed by atoms with van der Waals surface area (Å²) in [6.07, 6.45) is 4.03. The van der Waals surface area contributed by atoms with Gasteiger partial charge in [0.15, 0.2) is 0 Å². The van der Waals surface area contributed by atoms with E-state index in [9.17, 15) is 13.2 Å². The molecule has 0 aromatic heterocycles. The lowest BCUT2D eigenvalue weighted by Crippen LogP contribution is -2.68. The van der Waals surface area contributed by atoms with Crippen LogP contribution < -0.4 is 0 Å². The van der Waals surface area contributed by atoms with Gasteiger partial charge in [0.2, 0.25) is 15.9 Å². The Kier molecular flexibility index (Phi) is 4.57. The second-order valence-corrected chi connectivity index (χ2v) is 14.8. The second kappa shape index (κ2) is 7.15. The number of benzene rings is 2. The first-order chi connectivity index (χ1) is 17.5. The van der Waals surface area contributed by atoms with Crippen molar-refractivity contribution in [2.45, 2.75) is 70.4 Å². The zero-order valence-corrected chi connectivity index (χ0v) is 23.1. The number of likely N-dealkylation sites (tertiary alicyclic amines) is 1. The Morgan fingerprint density at radius 3 is 2.32 bits per heavy atom. The number of sulfonamides is 1. The molecule has 6 heteroatoms. The molecule has 2 heterocycles. The minimum absolute atomic E-state index is 0.170. The summed E-state index contributed by atoms with van der Waals surface area (Å²) in [5, 5.41) is 0. The van der Waals surface area contributed by atoms with Gasteiger partial charge in [0.1, 0.15) is 0 Å². The summed E-state index contributed by atoms with van der Waals surface area (Å²) in [5.74, 6) is 0.620. The van der Waals surface area contributed by atoms with Crippen molar-refractivity contribution in [2.24, 2.45) is 22.2 Å². The van der Waals surface area contributed by atoms with E-state index in [0.717, 1.165) is 31.2 Å². The molecule has 2 aliphatic heterocycles. The van der Waals surface area contributed by atoms with Gasteiger partial charge < -0.3 is 4.90 Å². The van der Waals surface area contributed by atoms with Crippen molar-refractivity contribution >= 4 is 15.9 Å². The Bertz CT molecular complexity index is 1470. The van der Waals surface area contributed by atoms with Crippen molar-refractivity contribution in [1.29, 1.82) is 0 Å². The van der Waals surface area contributed by atoms with E-state index in [4.69, 9.17) is 0 Å². The van der Waals surface area contributed by atoms with Gasteiger partial charge in [0.25, 0.3) is 0 Å². The molecule has 1 amide bonds. The molecule has 8 rings (SSSR count). The number of carbonyl (C=O) groups excluding carboxylic acids is 1. The van der Waals surface area contributed by atoms with E-state index in [1.54, 1.807) is 16.4 Å². The molecule has 0 radical (unpaired) electrons. The number of aryl methyl sites for hydroxylation is 1. The predicted octanol–water partition coefficient (Wildman–Crippen LogP) is 5.31. The molecule has 5 nitrogen and oxygen atoms in total. The zero-order chi connectivity index (χ0) is 26.0. The molecule has 194 valence electrons. The summed E-state index contributed by atoms with van der Waals surface area (Å²) in [4.78, 5) is 17.1. The maximum absolute atomic E-state index is 14.5. The average Bonchev–Trinajstić information content (AvgIpc) is 3.56. The molecule has 2 aromatic carbocycles. The standard InChI is InChI=1S/C31H36N2O3S/c1-21-12-14-23(15-13-21)37(35,36)32-18-24-25(19-32)30(4)29(3)20-28(24,2)26-11-8-16-31(26,30)33(27(29)34)17-22-9-6-5-7-10-22/h5-7,9-10,12-15,26H,8,11,16-20H2,1-4H3/t26?,28-,29-,30-,31-/m1/s1. The van der Waals surface area contributed by atoms with Gasteiger partial charge in [-0.25, -0.2) is 8.42 Å². The largest absolute Gasteiger partial charge is 0.331 e. The van der Waals surface area contributed by atoms with Crippen LogP contribution in [0.3, 0.4) is 0 Å². The van der Waals surface area contributed by atoms with Gasteiger partial charge in [-0.05, 0) is 73.3 Å². The van der Waals surface area contributed by atoms with Crippen LogP contribution in [0.4, 0.5) is 0 Å². The summed E-state index contributed by atoms with van der Waals surface area (Å²) in [6.45, 7) is 10.3. The Morgan fingerprint density at radius 1 is 0.946 bits per heavy atom. The molecule has 2 aromatic rings. The van der Waals surface area contributed by atoms with Crippen LogP contribution in [0.15, 0.2) is 70.6 Å². The van der Waals surface area contributed by atoms with Crippen LogP contribution in [0.25, 0.3) is 0 Å². The fourth-order valence-electron chi connectivity index (χ4n) is 9.81. The van der Waals surface area contributed by atoms with E-state index < -0.39 is 15.4 Å². The normalized spacial score (nSPS) is 38.4. The van der Waals surface area contributed by atoms with Gasteiger partial charge in [-0.1, -0.05) is 68.3 Å². The summed E-state index contributed by atoms with van der Waals surface area (Å²) in [5.41, 5.74) is 3.42. The maximum atomic E-state index is 14.5. The van der Waals surface area contributed by atoms with Crippen molar-refractivity contribution in [2.75, 3.05) is 13.1 Å². The molecular formula is C31H36N2O3S. The highest BCUT2D eigenvalue weighted by Crippen LogP contribution is 2.82. The quantitative estimate of drug-likeness (QED) is 0.518. The van der Waals surface area contributed by atoms with Crippen molar-refractivity contribution < 1.29 is 13.2 Å². The maximum Gasteiger partial charge on any atom is 0.243 e. The van der Waals surface area contributed by atoms with Gasteiger partial charge in [-0.2, -0.15) is 4.31 Å². The van der Waals surface area contributed by atoms with Crippen molar-refractivity contribution in [3.05, 3.63) is 76.9 Å². The van der Waals surface area contributed by atoms with Gasteiger partial charge >= 0.3 is 0 Å². The third-order valence-corrected chi connectivity index (χ3v) is 13.3. The van der Waals surface area contributed by atoms with Crippen LogP contribution >= 0.6 is 0 Å². The Morgan fingerprint density at radius 2 is 1.62 bits per heavy atom. The summed E-state index contributed by atoms with van der Waals surface area (Å²) in [6, 6.07) is 17.6. The average molecular weight is 517 g/mol. The van der Waals surface area contributed by atoms with Crippen molar-refractivity contribution in [3.8, 4) is 0 Å². The van der Waals surface area contributed by atoms with Gasteiger partial charge in [-0.3, -0.25) is 4.79 Å². The minimum Gasteiger partial charge on any atom is -0.331 e. The fraction of sp³-hybridized carbons (Fsp3) is 0.516. The molecule has 0 N–H and O–H groups in total. The highest BCUT2D eigenvalue weighted by molar-refractivity contribution is 7.89. The second-order valence-electron chi connectivity index (χ2n) is 12.8. The molecule has 6 aliphatic rings. The molecule has 3 fully saturated rings. The van der Waals surface area contributed by atoms with Gasteiger partial charge in [0, 0.05) is 25.0 Å². The molecule has 1 unspecified atom stereocenters. The molecule has 1 saturated heterocycles. The third-order valence-electron chi connectivity index (χ3n) is 11.5. The minimum atomic E-state index is -3.63. The molecule has 37 heavy (non-hydrogen) atoms. The van der Waals surface area contributed by atoms with Crippen LogP contribution in [0, 0.1) is 29.1 Å². The Balaban J connectivity index is 1.36. The summed E-state index contributed by atoms with van der Waals surface area (Å²) >= 11 is 0. The molecule has 2 saturated carbocycles. The fourth-order valence-corrected chi connectivity index (χ4v) is 11.2. The molecular weight excluding hydrogens is 480 g/mol. The van der Waals surface area contributed by atoms with Crippen LogP contribution in [0.2, 0.25) is 0 Å². The lowest BCUT2D eigenvalue weighted by atomic mass is 9.36. The zero-order valence-electron chi connectivity index (χ0n) is 22.3. The van der Waals surface area contributed by atoms with Crippen LogP contribution in [-0.2, 0) is 21.4 Å². The number of hydrogen-bond donors (Lipinski definition) is 0. The van der Waals surface area contributed by atoms with E-state index >= 15 is 0 Å². The first-order valence-corrected chi connectivity index (χ1v) is 15.1. The third kappa shape index (κ3) is 2.55. The summed E-state index contributed by atoms with van der Waals surface area (Å²) in [7, 11) is -3.63. The summed E-state index contributed by atoms with van der Waals surface area (Å²) < 4.78 is 29.3. The van der Waals surface area contributed by atoms with Crippen LogP contribution in [-0.4, -0.2) is 42.2 Å².